The van der Waals surface area contributed by atoms with E-state index >= 15 is 0 Å². The summed E-state index contributed by atoms with van der Waals surface area (Å²) in [4.78, 5) is 15.0. The number of nitrogens with zero attached hydrogens (tertiary/aromatic N) is 3. The van der Waals surface area contributed by atoms with Gasteiger partial charge in [-0.05, 0) is 55.7 Å². The zero-order valence-corrected chi connectivity index (χ0v) is 17.9. The first-order valence-electron chi connectivity index (χ1n) is 9.77. The van der Waals surface area contributed by atoms with Crippen molar-refractivity contribution >= 4 is 21.8 Å². The lowest BCUT2D eigenvalue weighted by atomic mass is 10.2. The fourth-order valence-corrected chi connectivity index (χ4v) is 3.40. The number of halogens is 1. The smallest absolute Gasteiger partial charge is 0.273 e. The minimum absolute atomic E-state index is 0.103. The quantitative estimate of drug-likeness (QED) is 0.484. The zero-order valence-electron chi connectivity index (χ0n) is 16.4. The Labute approximate surface area is 161 Å². The molecule has 0 aliphatic rings. The minimum atomic E-state index is -0.103. The summed E-state index contributed by atoms with van der Waals surface area (Å²) in [7, 11) is 0. The van der Waals surface area contributed by atoms with Crippen LogP contribution in [-0.2, 0) is 6.54 Å². The van der Waals surface area contributed by atoms with Gasteiger partial charge in [0.25, 0.3) is 5.91 Å². The van der Waals surface area contributed by atoms with E-state index in [1.54, 1.807) is 4.68 Å². The van der Waals surface area contributed by atoms with E-state index in [0.717, 1.165) is 30.7 Å². The van der Waals surface area contributed by atoms with E-state index in [-0.39, 0.29) is 11.9 Å². The molecule has 0 bridgehead atoms. The zero-order chi connectivity index (χ0) is 18.7. The maximum Gasteiger partial charge on any atom is 0.273 e. The Morgan fingerprint density at radius 1 is 1.20 bits per heavy atom. The van der Waals surface area contributed by atoms with Gasteiger partial charge in [0.05, 0.1) is 4.47 Å². The van der Waals surface area contributed by atoms with Crippen LogP contribution in [0.25, 0.3) is 0 Å². The summed E-state index contributed by atoms with van der Waals surface area (Å²) < 4.78 is 2.52. The Morgan fingerprint density at radius 2 is 1.80 bits per heavy atom. The van der Waals surface area contributed by atoms with E-state index in [4.69, 9.17) is 0 Å². The monoisotopic (exact) mass is 414 g/mol. The van der Waals surface area contributed by atoms with Gasteiger partial charge in [0.2, 0.25) is 0 Å². The molecule has 0 spiro atoms. The molecule has 0 aliphatic heterocycles. The van der Waals surface area contributed by atoms with Crippen molar-refractivity contribution < 1.29 is 4.79 Å². The third-order valence-corrected chi connectivity index (χ3v) is 4.90. The fourth-order valence-electron chi connectivity index (χ4n) is 2.90. The van der Waals surface area contributed by atoms with Crippen LogP contribution in [0.3, 0.4) is 0 Å². The Bertz CT molecular complexity index is 494. The van der Waals surface area contributed by atoms with Crippen molar-refractivity contribution in [3.05, 3.63) is 16.4 Å². The van der Waals surface area contributed by atoms with Crippen molar-refractivity contribution in [1.29, 1.82) is 0 Å². The highest BCUT2D eigenvalue weighted by molar-refractivity contribution is 9.10. The van der Waals surface area contributed by atoms with Gasteiger partial charge < -0.3 is 10.2 Å². The molecular formula is C19H35BrN4O. The molecular weight excluding hydrogens is 380 g/mol. The van der Waals surface area contributed by atoms with Crippen molar-refractivity contribution in [3.63, 3.8) is 0 Å². The highest BCUT2D eigenvalue weighted by Gasteiger charge is 2.18. The lowest BCUT2D eigenvalue weighted by molar-refractivity contribution is 0.0921. The molecule has 1 aromatic rings. The lowest BCUT2D eigenvalue weighted by Crippen LogP contribution is -2.43. The van der Waals surface area contributed by atoms with Crippen molar-refractivity contribution in [2.45, 2.75) is 78.8 Å². The van der Waals surface area contributed by atoms with E-state index in [0.29, 0.717) is 5.69 Å². The number of nitrogens with one attached hydrogen (secondary N) is 1. The number of hydrogen-bond acceptors (Lipinski definition) is 3. The molecule has 1 N–H and O–H groups in total. The van der Waals surface area contributed by atoms with Crippen LogP contribution < -0.4 is 5.32 Å². The molecule has 1 atom stereocenters. The van der Waals surface area contributed by atoms with Crippen LogP contribution in [0, 0.1) is 0 Å². The molecule has 0 saturated carbocycles. The highest BCUT2D eigenvalue weighted by Crippen LogP contribution is 2.15. The molecule has 0 radical (unpaired) electrons. The molecule has 1 aromatic heterocycles. The SMILES string of the molecule is CCCCCN(CCCCC)CC(C)NC(=O)c1nn(CC)cc1Br. The third-order valence-electron chi connectivity index (χ3n) is 4.32. The van der Waals surface area contributed by atoms with E-state index in [1.165, 1.54) is 38.5 Å². The summed E-state index contributed by atoms with van der Waals surface area (Å²) in [5.41, 5.74) is 0.470. The maximum atomic E-state index is 12.5. The van der Waals surface area contributed by atoms with Gasteiger partial charge in [-0.25, -0.2) is 0 Å². The molecule has 1 heterocycles. The van der Waals surface area contributed by atoms with Crippen LogP contribution in [0.4, 0.5) is 0 Å². The predicted octanol–water partition coefficient (Wildman–Crippen LogP) is 4.47. The number of amides is 1. The summed E-state index contributed by atoms with van der Waals surface area (Å²) in [6, 6.07) is 0.106. The van der Waals surface area contributed by atoms with Crippen LogP contribution >= 0.6 is 15.9 Å². The second kappa shape index (κ2) is 12.5. The summed E-state index contributed by atoms with van der Waals surface area (Å²) in [6.45, 7) is 12.4. The minimum Gasteiger partial charge on any atom is -0.347 e. The molecule has 0 fully saturated rings. The first kappa shape index (κ1) is 22.2. The van der Waals surface area contributed by atoms with Crippen LogP contribution in [-0.4, -0.2) is 46.3 Å². The lowest BCUT2D eigenvalue weighted by Gasteiger charge is -2.26. The first-order valence-corrected chi connectivity index (χ1v) is 10.6. The van der Waals surface area contributed by atoms with Crippen LogP contribution in [0.15, 0.2) is 10.7 Å². The van der Waals surface area contributed by atoms with E-state index in [9.17, 15) is 4.79 Å². The molecule has 1 rings (SSSR count). The fraction of sp³-hybridized carbons (Fsp3) is 0.789. The molecule has 1 unspecified atom stereocenters. The molecule has 0 aromatic carbocycles. The summed E-state index contributed by atoms with van der Waals surface area (Å²) in [6.07, 6.45) is 9.33. The Hall–Kier alpha value is -0.880. The summed E-state index contributed by atoms with van der Waals surface area (Å²) >= 11 is 3.43. The predicted molar refractivity (Wildman–Crippen MR) is 108 cm³/mol. The van der Waals surface area contributed by atoms with Gasteiger partial charge in [0.1, 0.15) is 0 Å². The number of aromatic nitrogens is 2. The van der Waals surface area contributed by atoms with Gasteiger partial charge in [-0.1, -0.05) is 39.5 Å². The molecule has 0 aliphatic carbocycles. The van der Waals surface area contributed by atoms with Crippen molar-refractivity contribution in [3.8, 4) is 0 Å². The average Bonchev–Trinajstić information content (AvgIpc) is 2.96. The molecule has 6 heteroatoms. The molecule has 144 valence electrons. The Balaban J connectivity index is 2.54. The second-order valence-electron chi connectivity index (χ2n) is 6.77. The van der Waals surface area contributed by atoms with Gasteiger partial charge in [-0.2, -0.15) is 5.10 Å². The van der Waals surface area contributed by atoms with E-state index in [1.807, 2.05) is 13.1 Å². The highest BCUT2D eigenvalue weighted by atomic mass is 79.9. The average molecular weight is 415 g/mol. The van der Waals surface area contributed by atoms with Gasteiger partial charge in [0, 0.05) is 25.3 Å². The summed E-state index contributed by atoms with van der Waals surface area (Å²) in [5, 5.41) is 7.43. The van der Waals surface area contributed by atoms with Crippen molar-refractivity contribution in [1.82, 2.24) is 20.0 Å². The molecule has 25 heavy (non-hydrogen) atoms. The van der Waals surface area contributed by atoms with Crippen LogP contribution in [0.5, 0.6) is 0 Å². The molecule has 0 saturated heterocycles. The number of rotatable bonds is 13. The maximum absolute atomic E-state index is 12.5. The van der Waals surface area contributed by atoms with E-state index < -0.39 is 0 Å². The Kier molecular flexibility index (Phi) is 11.1. The van der Waals surface area contributed by atoms with Gasteiger partial charge in [-0.3, -0.25) is 9.48 Å². The second-order valence-corrected chi connectivity index (χ2v) is 7.63. The van der Waals surface area contributed by atoms with Crippen LogP contribution in [0.2, 0.25) is 0 Å². The molecule has 5 nitrogen and oxygen atoms in total. The number of unbranched alkanes of at least 4 members (excludes halogenated alkanes) is 4. The number of carbonyl (C=O) groups is 1. The van der Waals surface area contributed by atoms with Gasteiger partial charge in [0.15, 0.2) is 5.69 Å². The normalized spacial score (nSPS) is 12.6. The number of carbonyl (C=O) groups excluding carboxylic acids is 1. The van der Waals surface area contributed by atoms with Gasteiger partial charge in [-0.15, -0.1) is 0 Å². The van der Waals surface area contributed by atoms with Crippen molar-refractivity contribution in [2.75, 3.05) is 19.6 Å². The standard InChI is InChI=1S/C19H35BrN4O/c1-5-8-10-12-23(13-11-9-6-2)14-16(4)21-19(25)18-17(20)15-24(7-3)22-18/h15-16H,5-14H2,1-4H3,(H,21,25). The van der Waals surface area contributed by atoms with Crippen LogP contribution in [0.1, 0.15) is 76.7 Å². The molecule has 1 amide bonds. The van der Waals surface area contributed by atoms with Gasteiger partial charge >= 0.3 is 0 Å². The topological polar surface area (TPSA) is 50.2 Å². The largest absolute Gasteiger partial charge is 0.347 e. The first-order chi connectivity index (χ1) is 12.0. The third kappa shape index (κ3) is 8.36. The summed E-state index contributed by atoms with van der Waals surface area (Å²) in [5.74, 6) is -0.103. The number of aryl methyl sites for hydroxylation is 1. The van der Waals surface area contributed by atoms with E-state index in [2.05, 4.69) is 52.0 Å². The number of hydrogen-bond donors (Lipinski definition) is 1. The Morgan fingerprint density at radius 3 is 2.28 bits per heavy atom. The van der Waals surface area contributed by atoms with Crippen molar-refractivity contribution in [2.24, 2.45) is 0 Å².